The number of unbranched alkanes of at least 4 members (excludes halogenated alkanes) is 1. The first-order chi connectivity index (χ1) is 10.1. The van der Waals surface area contributed by atoms with Crippen molar-refractivity contribution in [3.8, 4) is 0 Å². The quantitative estimate of drug-likeness (QED) is 0.693. The number of hydrogen-bond acceptors (Lipinski definition) is 5. The van der Waals surface area contributed by atoms with Crippen molar-refractivity contribution < 1.29 is 9.53 Å². The summed E-state index contributed by atoms with van der Waals surface area (Å²) in [6.07, 6.45) is 2.49. The molecule has 0 aliphatic carbocycles. The molecular formula is C14H17BrN4O2. The van der Waals surface area contributed by atoms with Crippen LogP contribution >= 0.6 is 15.9 Å². The van der Waals surface area contributed by atoms with Crippen molar-refractivity contribution >= 4 is 44.3 Å². The van der Waals surface area contributed by atoms with Crippen LogP contribution in [0.15, 0.2) is 28.9 Å². The minimum atomic E-state index is -0.738. The number of halogens is 1. The lowest BCUT2D eigenvalue weighted by molar-refractivity contribution is 0.155. The van der Waals surface area contributed by atoms with E-state index in [0.29, 0.717) is 12.3 Å². The molecule has 2 aromatic rings. The number of aromatic nitrogens is 1. The molecule has 21 heavy (non-hydrogen) atoms. The molecule has 0 saturated carbocycles. The zero-order chi connectivity index (χ0) is 15.2. The van der Waals surface area contributed by atoms with Crippen LogP contribution in [0.5, 0.6) is 0 Å². The predicted molar refractivity (Wildman–Crippen MR) is 87.1 cm³/mol. The zero-order valence-corrected chi connectivity index (χ0v) is 13.0. The molecule has 0 atom stereocenters. The lowest BCUT2D eigenvalue weighted by Crippen LogP contribution is -2.14. The Morgan fingerprint density at radius 1 is 1.38 bits per heavy atom. The van der Waals surface area contributed by atoms with Gasteiger partial charge in [0.15, 0.2) is 0 Å². The Bertz CT molecular complexity index is 648. The number of ether oxygens (including phenoxy) is 1. The molecule has 1 heterocycles. The number of amides is 1. The first-order valence-electron chi connectivity index (χ1n) is 6.58. The van der Waals surface area contributed by atoms with Gasteiger partial charge in [-0.05, 0) is 31.0 Å². The average Bonchev–Trinajstić information content (AvgIpc) is 2.44. The number of rotatable bonds is 6. The number of fused-ring (bicyclic) bond motifs is 1. The van der Waals surface area contributed by atoms with Gasteiger partial charge >= 0.3 is 6.09 Å². The zero-order valence-electron chi connectivity index (χ0n) is 11.4. The Morgan fingerprint density at radius 3 is 2.95 bits per heavy atom. The van der Waals surface area contributed by atoms with Crippen LogP contribution in [0.25, 0.3) is 10.9 Å². The van der Waals surface area contributed by atoms with Crippen molar-refractivity contribution in [1.29, 1.82) is 0 Å². The van der Waals surface area contributed by atoms with Crippen LogP contribution < -0.4 is 16.8 Å². The van der Waals surface area contributed by atoms with E-state index < -0.39 is 6.09 Å². The Kier molecular flexibility index (Phi) is 5.21. The molecule has 0 aliphatic rings. The summed E-state index contributed by atoms with van der Waals surface area (Å²) in [5.41, 5.74) is 13.2. The second-order valence-electron chi connectivity index (χ2n) is 4.55. The molecule has 1 aromatic carbocycles. The normalized spacial score (nSPS) is 10.5. The molecule has 0 fully saturated rings. The van der Waals surface area contributed by atoms with Gasteiger partial charge in [0.05, 0.1) is 29.7 Å². The number of benzene rings is 1. The third kappa shape index (κ3) is 4.22. The minimum absolute atomic E-state index is 0.330. The van der Waals surface area contributed by atoms with E-state index >= 15 is 0 Å². The van der Waals surface area contributed by atoms with E-state index in [9.17, 15) is 4.79 Å². The van der Waals surface area contributed by atoms with E-state index in [1.54, 1.807) is 6.20 Å². The Balaban J connectivity index is 1.98. The summed E-state index contributed by atoms with van der Waals surface area (Å²) in [5, 5.41) is 4.29. The summed E-state index contributed by atoms with van der Waals surface area (Å²) in [6, 6.07) is 5.87. The maximum Gasteiger partial charge on any atom is 0.404 e. The molecule has 0 saturated heterocycles. The average molecular weight is 353 g/mol. The third-order valence-electron chi connectivity index (χ3n) is 2.98. The number of anilines is 2. The number of nitrogens with one attached hydrogen (secondary N) is 1. The molecule has 112 valence electrons. The van der Waals surface area contributed by atoms with Gasteiger partial charge in [-0.1, -0.05) is 15.9 Å². The van der Waals surface area contributed by atoms with E-state index in [4.69, 9.17) is 11.5 Å². The van der Waals surface area contributed by atoms with Gasteiger partial charge in [-0.25, -0.2) is 4.79 Å². The highest BCUT2D eigenvalue weighted by Crippen LogP contribution is 2.29. The van der Waals surface area contributed by atoms with Crippen molar-refractivity contribution in [3.05, 3.63) is 28.9 Å². The van der Waals surface area contributed by atoms with Gasteiger partial charge in [0.2, 0.25) is 0 Å². The molecule has 1 amide bonds. The molecule has 6 nitrogen and oxygen atoms in total. The SMILES string of the molecule is NC(=O)OCCCCNc1c(N)cnc2cc(Br)ccc12. The van der Waals surface area contributed by atoms with E-state index in [1.165, 1.54) is 0 Å². The van der Waals surface area contributed by atoms with E-state index in [-0.39, 0.29) is 0 Å². The summed E-state index contributed by atoms with van der Waals surface area (Å²) in [6.45, 7) is 1.05. The standard InChI is InChI=1S/C14H17BrN4O2/c15-9-3-4-10-12(7-9)19-8-11(16)13(10)18-5-1-2-6-21-14(17)20/h3-4,7-8H,1-2,5-6,16H2,(H2,17,20)(H,18,19). The second kappa shape index (κ2) is 7.12. The smallest absolute Gasteiger partial charge is 0.404 e. The maximum atomic E-state index is 10.4. The van der Waals surface area contributed by atoms with Gasteiger partial charge in [-0.3, -0.25) is 4.98 Å². The Hall–Kier alpha value is -2.02. The van der Waals surface area contributed by atoms with Gasteiger partial charge in [-0.15, -0.1) is 0 Å². The van der Waals surface area contributed by atoms with Crippen LogP contribution in [0.1, 0.15) is 12.8 Å². The minimum Gasteiger partial charge on any atom is -0.450 e. The summed E-state index contributed by atoms with van der Waals surface area (Å²) >= 11 is 3.42. The van der Waals surface area contributed by atoms with E-state index in [2.05, 4.69) is 31.0 Å². The molecule has 0 bridgehead atoms. The number of nitrogens with zero attached hydrogens (tertiary/aromatic N) is 1. The molecule has 0 radical (unpaired) electrons. The van der Waals surface area contributed by atoms with Crippen molar-refractivity contribution in [1.82, 2.24) is 4.98 Å². The second-order valence-corrected chi connectivity index (χ2v) is 5.47. The third-order valence-corrected chi connectivity index (χ3v) is 3.47. The Morgan fingerprint density at radius 2 is 2.19 bits per heavy atom. The fourth-order valence-electron chi connectivity index (χ4n) is 1.99. The highest BCUT2D eigenvalue weighted by atomic mass is 79.9. The molecule has 0 spiro atoms. The van der Waals surface area contributed by atoms with Crippen LogP contribution in [0.4, 0.5) is 16.2 Å². The number of pyridine rings is 1. The van der Waals surface area contributed by atoms with Crippen LogP contribution in [0, 0.1) is 0 Å². The number of primary amides is 1. The number of carbonyl (C=O) groups excluding carboxylic acids is 1. The van der Waals surface area contributed by atoms with Crippen molar-refractivity contribution in [2.45, 2.75) is 12.8 Å². The molecule has 1 aromatic heterocycles. The molecule has 2 rings (SSSR count). The highest BCUT2D eigenvalue weighted by Gasteiger charge is 2.06. The Labute approximate surface area is 131 Å². The van der Waals surface area contributed by atoms with Crippen molar-refractivity contribution in [2.75, 3.05) is 24.2 Å². The summed E-state index contributed by atoms with van der Waals surface area (Å²) in [7, 11) is 0. The number of nitrogen functional groups attached to an aromatic ring is 1. The van der Waals surface area contributed by atoms with Crippen LogP contribution in [0.3, 0.4) is 0 Å². The first-order valence-corrected chi connectivity index (χ1v) is 7.37. The molecule has 0 aliphatic heterocycles. The van der Waals surface area contributed by atoms with E-state index in [0.717, 1.165) is 40.4 Å². The molecule has 7 heteroatoms. The summed E-state index contributed by atoms with van der Waals surface area (Å²) < 4.78 is 5.65. The lowest BCUT2D eigenvalue weighted by atomic mass is 10.1. The van der Waals surface area contributed by atoms with Gasteiger partial charge < -0.3 is 21.5 Å². The van der Waals surface area contributed by atoms with Gasteiger partial charge in [0, 0.05) is 16.4 Å². The molecule has 0 unspecified atom stereocenters. The van der Waals surface area contributed by atoms with Crippen LogP contribution in [-0.2, 0) is 4.74 Å². The van der Waals surface area contributed by atoms with Gasteiger partial charge in [-0.2, -0.15) is 0 Å². The van der Waals surface area contributed by atoms with E-state index in [1.807, 2.05) is 18.2 Å². The summed E-state index contributed by atoms with van der Waals surface area (Å²) in [5.74, 6) is 0. The maximum absolute atomic E-state index is 10.4. The number of carbonyl (C=O) groups is 1. The van der Waals surface area contributed by atoms with Gasteiger partial charge in [0.1, 0.15) is 0 Å². The molecular weight excluding hydrogens is 336 g/mol. The van der Waals surface area contributed by atoms with Crippen LogP contribution in [0.2, 0.25) is 0 Å². The fraction of sp³-hybridized carbons (Fsp3) is 0.286. The van der Waals surface area contributed by atoms with Crippen molar-refractivity contribution in [2.24, 2.45) is 5.73 Å². The first kappa shape index (κ1) is 15.4. The monoisotopic (exact) mass is 352 g/mol. The van der Waals surface area contributed by atoms with Crippen LogP contribution in [-0.4, -0.2) is 24.2 Å². The fourth-order valence-corrected chi connectivity index (χ4v) is 2.34. The lowest BCUT2D eigenvalue weighted by Gasteiger charge is -2.12. The largest absolute Gasteiger partial charge is 0.450 e. The molecule has 5 N–H and O–H groups in total. The number of hydrogen-bond donors (Lipinski definition) is 3. The highest BCUT2D eigenvalue weighted by molar-refractivity contribution is 9.10. The summed E-state index contributed by atoms with van der Waals surface area (Å²) in [4.78, 5) is 14.7. The number of nitrogens with two attached hydrogens (primary N) is 2. The van der Waals surface area contributed by atoms with Gasteiger partial charge in [0.25, 0.3) is 0 Å². The predicted octanol–water partition coefficient (Wildman–Crippen LogP) is 2.87. The van der Waals surface area contributed by atoms with Crippen molar-refractivity contribution in [3.63, 3.8) is 0 Å². The topological polar surface area (TPSA) is 103 Å².